The minimum absolute atomic E-state index is 0.00866. The molecule has 1 heterocycles. The third-order valence-electron chi connectivity index (χ3n) is 3.66. The summed E-state index contributed by atoms with van der Waals surface area (Å²) in [5.41, 5.74) is 0.796. The fourth-order valence-electron chi connectivity index (χ4n) is 2.44. The number of thiophene rings is 1. The molecule has 0 aliphatic carbocycles. The van der Waals surface area contributed by atoms with Crippen LogP contribution in [0.15, 0.2) is 41.8 Å². The van der Waals surface area contributed by atoms with Crippen molar-refractivity contribution < 1.29 is 14.3 Å². The van der Waals surface area contributed by atoms with E-state index in [0.717, 1.165) is 10.4 Å². The summed E-state index contributed by atoms with van der Waals surface area (Å²) in [4.78, 5) is 13.5. The van der Waals surface area contributed by atoms with Crippen LogP contribution in [0.2, 0.25) is 0 Å². The lowest BCUT2D eigenvalue weighted by atomic mass is 10.0. The number of methoxy groups -OCH3 is 2. The Morgan fingerprint density at radius 2 is 1.96 bits per heavy atom. The molecule has 0 saturated carbocycles. The molecule has 0 aliphatic heterocycles. The summed E-state index contributed by atoms with van der Waals surface area (Å²) in [6, 6.07) is 9.62. The molecule has 0 fully saturated rings. The predicted octanol–water partition coefficient (Wildman–Crippen LogP) is 4.29. The van der Waals surface area contributed by atoms with Crippen LogP contribution in [-0.4, -0.2) is 20.1 Å². The SMILES string of the molecule is COc1cccc(/C=C/C(=O)N[C@@H](c2cccs2)C(C)C)c1OC. The standard InChI is InChI=1S/C19H23NO3S/c1-13(2)18(16-9-6-12-24-16)20-17(21)11-10-14-7-5-8-15(22-3)19(14)23-4/h5-13,18H,1-4H3,(H,20,21)/b11-10+/t18-/m1/s1. The van der Waals surface area contributed by atoms with Crippen molar-refractivity contribution >= 4 is 23.3 Å². The second-order valence-corrected chi connectivity index (χ2v) is 6.64. The number of amides is 1. The van der Waals surface area contributed by atoms with Crippen molar-refractivity contribution in [3.05, 3.63) is 52.2 Å². The molecule has 24 heavy (non-hydrogen) atoms. The molecule has 1 aromatic carbocycles. The summed E-state index contributed by atoms with van der Waals surface area (Å²) < 4.78 is 10.6. The molecule has 1 aromatic heterocycles. The highest BCUT2D eigenvalue weighted by molar-refractivity contribution is 7.10. The van der Waals surface area contributed by atoms with E-state index in [1.54, 1.807) is 31.6 Å². The van der Waals surface area contributed by atoms with Crippen molar-refractivity contribution in [2.24, 2.45) is 5.92 Å². The summed E-state index contributed by atoms with van der Waals surface area (Å²) in [5, 5.41) is 5.09. The lowest BCUT2D eigenvalue weighted by Gasteiger charge is -2.20. The van der Waals surface area contributed by atoms with Gasteiger partial charge in [0.25, 0.3) is 0 Å². The van der Waals surface area contributed by atoms with Gasteiger partial charge in [-0.15, -0.1) is 11.3 Å². The van der Waals surface area contributed by atoms with Gasteiger partial charge in [0.2, 0.25) is 5.91 Å². The minimum Gasteiger partial charge on any atom is -0.493 e. The van der Waals surface area contributed by atoms with Gasteiger partial charge in [-0.25, -0.2) is 0 Å². The highest BCUT2D eigenvalue weighted by Gasteiger charge is 2.18. The number of nitrogens with one attached hydrogen (secondary N) is 1. The predicted molar refractivity (Wildman–Crippen MR) is 98.6 cm³/mol. The van der Waals surface area contributed by atoms with Gasteiger partial charge in [-0.3, -0.25) is 4.79 Å². The van der Waals surface area contributed by atoms with Gasteiger partial charge < -0.3 is 14.8 Å². The molecular formula is C19H23NO3S. The van der Waals surface area contributed by atoms with E-state index < -0.39 is 0 Å². The third kappa shape index (κ3) is 4.38. The van der Waals surface area contributed by atoms with Crippen LogP contribution in [0.5, 0.6) is 11.5 Å². The molecule has 2 rings (SSSR count). The average molecular weight is 345 g/mol. The summed E-state index contributed by atoms with van der Waals surface area (Å²) in [6.45, 7) is 4.19. The number of ether oxygens (including phenoxy) is 2. The summed E-state index contributed by atoms with van der Waals surface area (Å²) in [7, 11) is 3.17. The molecule has 5 heteroatoms. The van der Waals surface area contributed by atoms with Gasteiger partial charge in [-0.1, -0.05) is 32.0 Å². The molecule has 1 N–H and O–H groups in total. The van der Waals surface area contributed by atoms with Crippen molar-refractivity contribution in [2.75, 3.05) is 14.2 Å². The van der Waals surface area contributed by atoms with E-state index in [2.05, 4.69) is 19.2 Å². The fourth-order valence-corrected chi connectivity index (χ4v) is 3.39. The van der Waals surface area contributed by atoms with Gasteiger partial charge in [-0.05, 0) is 29.5 Å². The normalized spacial score (nSPS) is 12.4. The zero-order chi connectivity index (χ0) is 17.5. The molecule has 0 unspecified atom stereocenters. The van der Waals surface area contributed by atoms with Gasteiger partial charge in [0.05, 0.1) is 20.3 Å². The van der Waals surface area contributed by atoms with Crippen molar-refractivity contribution in [1.82, 2.24) is 5.32 Å². The van der Waals surface area contributed by atoms with Crippen molar-refractivity contribution in [3.63, 3.8) is 0 Å². The van der Waals surface area contributed by atoms with E-state index in [4.69, 9.17) is 9.47 Å². The fraction of sp³-hybridized carbons (Fsp3) is 0.316. The highest BCUT2D eigenvalue weighted by Crippen LogP contribution is 2.31. The molecular weight excluding hydrogens is 322 g/mol. The quantitative estimate of drug-likeness (QED) is 0.762. The number of hydrogen-bond donors (Lipinski definition) is 1. The molecule has 0 bridgehead atoms. The lowest BCUT2D eigenvalue weighted by molar-refractivity contribution is -0.117. The van der Waals surface area contributed by atoms with Gasteiger partial charge in [-0.2, -0.15) is 0 Å². The molecule has 0 radical (unpaired) electrons. The second kappa shape index (κ2) is 8.55. The van der Waals surface area contributed by atoms with E-state index in [1.165, 1.54) is 6.08 Å². The van der Waals surface area contributed by atoms with Gasteiger partial charge in [0.15, 0.2) is 11.5 Å². The van der Waals surface area contributed by atoms with E-state index in [1.807, 2.05) is 35.7 Å². The Labute approximate surface area is 147 Å². The van der Waals surface area contributed by atoms with E-state index in [0.29, 0.717) is 17.4 Å². The van der Waals surface area contributed by atoms with E-state index in [9.17, 15) is 4.79 Å². The van der Waals surface area contributed by atoms with Crippen molar-refractivity contribution in [3.8, 4) is 11.5 Å². The Hall–Kier alpha value is -2.27. The number of benzene rings is 1. The Bertz CT molecular complexity index is 693. The lowest BCUT2D eigenvalue weighted by Crippen LogP contribution is -2.29. The third-order valence-corrected chi connectivity index (χ3v) is 4.62. The molecule has 0 spiro atoms. The van der Waals surface area contributed by atoms with Gasteiger partial charge in [0, 0.05) is 16.5 Å². The van der Waals surface area contributed by atoms with E-state index >= 15 is 0 Å². The van der Waals surface area contributed by atoms with Crippen LogP contribution in [-0.2, 0) is 4.79 Å². The highest BCUT2D eigenvalue weighted by atomic mass is 32.1. The maximum absolute atomic E-state index is 12.3. The van der Waals surface area contributed by atoms with Crippen LogP contribution < -0.4 is 14.8 Å². The molecule has 0 aliphatic rings. The smallest absolute Gasteiger partial charge is 0.244 e. The first-order valence-corrected chi connectivity index (χ1v) is 8.67. The average Bonchev–Trinajstić information content (AvgIpc) is 3.11. The Balaban J connectivity index is 2.13. The number of carbonyl (C=O) groups excluding carboxylic acids is 1. The molecule has 128 valence electrons. The topological polar surface area (TPSA) is 47.6 Å². The summed E-state index contributed by atoms with van der Waals surface area (Å²) in [5.74, 6) is 1.43. The van der Waals surface area contributed by atoms with Crippen LogP contribution in [0.4, 0.5) is 0 Å². The zero-order valence-corrected chi connectivity index (χ0v) is 15.2. The van der Waals surface area contributed by atoms with Crippen LogP contribution in [0.1, 0.15) is 30.3 Å². The number of rotatable bonds is 7. The zero-order valence-electron chi connectivity index (χ0n) is 14.4. The Morgan fingerprint density at radius 1 is 1.17 bits per heavy atom. The Morgan fingerprint density at radius 3 is 2.54 bits per heavy atom. The van der Waals surface area contributed by atoms with Crippen LogP contribution in [0, 0.1) is 5.92 Å². The number of para-hydroxylation sites is 1. The maximum Gasteiger partial charge on any atom is 0.244 e. The van der Waals surface area contributed by atoms with Gasteiger partial charge in [0.1, 0.15) is 0 Å². The van der Waals surface area contributed by atoms with Crippen LogP contribution in [0.25, 0.3) is 6.08 Å². The molecule has 4 nitrogen and oxygen atoms in total. The van der Waals surface area contributed by atoms with Crippen LogP contribution in [0.3, 0.4) is 0 Å². The maximum atomic E-state index is 12.3. The first-order valence-electron chi connectivity index (χ1n) is 7.79. The van der Waals surface area contributed by atoms with Gasteiger partial charge >= 0.3 is 0 Å². The molecule has 2 aromatic rings. The first-order chi connectivity index (χ1) is 11.6. The monoisotopic (exact) mass is 345 g/mol. The molecule has 1 amide bonds. The number of hydrogen-bond acceptors (Lipinski definition) is 4. The summed E-state index contributed by atoms with van der Waals surface area (Å²) >= 11 is 1.65. The van der Waals surface area contributed by atoms with E-state index in [-0.39, 0.29) is 11.9 Å². The minimum atomic E-state index is -0.132. The first kappa shape index (κ1) is 18.1. The number of carbonyl (C=O) groups is 1. The van der Waals surface area contributed by atoms with Crippen molar-refractivity contribution in [1.29, 1.82) is 0 Å². The van der Waals surface area contributed by atoms with Crippen LogP contribution >= 0.6 is 11.3 Å². The second-order valence-electron chi connectivity index (χ2n) is 5.66. The largest absolute Gasteiger partial charge is 0.493 e. The summed E-state index contributed by atoms with van der Waals surface area (Å²) in [6.07, 6.45) is 3.27. The van der Waals surface area contributed by atoms with Crippen molar-refractivity contribution in [2.45, 2.75) is 19.9 Å². The Kier molecular flexibility index (Phi) is 6.44. The molecule has 0 saturated heterocycles. The molecule has 1 atom stereocenters.